The van der Waals surface area contributed by atoms with Gasteiger partial charge in [0.2, 0.25) is 0 Å². The van der Waals surface area contributed by atoms with Gasteiger partial charge in [-0.15, -0.1) is 0 Å². The van der Waals surface area contributed by atoms with Gasteiger partial charge in [-0.05, 0) is 32.0 Å². The molecule has 0 aliphatic carbocycles. The van der Waals surface area contributed by atoms with Crippen molar-refractivity contribution in [1.29, 1.82) is 0 Å². The van der Waals surface area contributed by atoms with Crippen LogP contribution in [0.5, 0.6) is 0 Å². The van der Waals surface area contributed by atoms with E-state index < -0.39 is 11.7 Å². The molecule has 80 valence electrons. The fourth-order valence-electron chi connectivity index (χ4n) is 1.73. The Morgan fingerprint density at radius 3 is 2.80 bits per heavy atom. The summed E-state index contributed by atoms with van der Waals surface area (Å²) >= 11 is 0. The Morgan fingerprint density at radius 2 is 2.13 bits per heavy atom. The highest BCUT2D eigenvalue weighted by Crippen LogP contribution is 2.36. The van der Waals surface area contributed by atoms with Crippen LogP contribution in [0.1, 0.15) is 19.4 Å². The zero-order valence-electron chi connectivity index (χ0n) is 9.05. The van der Waals surface area contributed by atoms with Gasteiger partial charge in [0.05, 0.1) is 5.69 Å². The molecule has 1 aliphatic rings. The number of cyclic esters (lactones) is 1. The van der Waals surface area contributed by atoms with Crippen LogP contribution < -0.4 is 10.6 Å². The molecule has 2 rings (SSSR count). The molecule has 0 radical (unpaired) electrons. The second kappa shape index (κ2) is 3.15. The predicted molar refractivity (Wildman–Crippen MR) is 59.1 cm³/mol. The van der Waals surface area contributed by atoms with Gasteiger partial charge in [0.25, 0.3) is 0 Å². The van der Waals surface area contributed by atoms with Gasteiger partial charge in [-0.3, -0.25) is 5.32 Å². The number of amides is 1. The van der Waals surface area contributed by atoms with Crippen LogP contribution in [0.4, 0.5) is 16.2 Å². The molecule has 1 aromatic rings. The lowest BCUT2D eigenvalue weighted by Crippen LogP contribution is -2.34. The smallest absolute Gasteiger partial charge is 0.412 e. The van der Waals surface area contributed by atoms with Crippen molar-refractivity contribution in [3.63, 3.8) is 0 Å². The Bertz CT molecular complexity index is 413. The van der Waals surface area contributed by atoms with E-state index in [1.165, 1.54) is 0 Å². The van der Waals surface area contributed by atoms with Crippen molar-refractivity contribution in [3.8, 4) is 0 Å². The number of carbonyl (C=O) groups excluding carboxylic acids is 1. The highest BCUT2D eigenvalue weighted by molar-refractivity contribution is 5.89. The van der Waals surface area contributed by atoms with E-state index in [0.717, 1.165) is 16.9 Å². The largest absolute Gasteiger partial charge is 0.438 e. The lowest BCUT2D eigenvalue weighted by Gasteiger charge is -2.32. The average Bonchev–Trinajstić information content (AvgIpc) is 2.16. The molecule has 0 spiro atoms. The second-order valence-corrected chi connectivity index (χ2v) is 4.04. The maximum atomic E-state index is 11.2. The summed E-state index contributed by atoms with van der Waals surface area (Å²) in [7, 11) is 1.86. The Kier molecular flexibility index (Phi) is 2.07. The molecular formula is C11H14N2O2. The van der Waals surface area contributed by atoms with Crippen molar-refractivity contribution in [2.75, 3.05) is 17.7 Å². The van der Waals surface area contributed by atoms with Crippen molar-refractivity contribution in [1.82, 2.24) is 0 Å². The Morgan fingerprint density at radius 1 is 1.40 bits per heavy atom. The minimum absolute atomic E-state index is 0.398. The Balaban J connectivity index is 2.53. The predicted octanol–water partition coefficient (Wildman–Crippen LogP) is 2.53. The summed E-state index contributed by atoms with van der Waals surface area (Å²) in [6, 6.07) is 5.78. The molecule has 1 aliphatic heterocycles. The molecule has 1 amide bonds. The minimum Gasteiger partial charge on any atom is -0.438 e. The molecule has 0 unspecified atom stereocenters. The maximum absolute atomic E-state index is 11.2. The van der Waals surface area contributed by atoms with Gasteiger partial charge in [0, 0.05) is 18.3 Å². The molecule has 4 heteroatoms. The van der Waals surface area contributed by atoms with E-state index in [9.17, 15) is 4.79 Å². The van der Waals surface area contributed by atoms with Crippen molar-refractivity contribution in [3.05, 3.63) is 23.8 Å². The molecule has 2 N–H and O–H groups in total. The molecule has 0 atom stereocenters. The molecule has 0 saturated heterocycles. The highest BCUT2D eigenvalue weighted by Gasteiger charge is 2.33. The Hall–Kier alpha value is -1.71. The van der Waals surface area contributed by atoms with E-state index in [0.29, 0.717) is 0 Å². The summed E-state index contributed by atoms with van der Waals surface area (Å²) in [6.45, 7) is 3.76. The monoisotopic (exact) mass is 206 g/mol. The van der Waals surface area contributed by atoms with Crippen LogP contribution in [0.15, 0.2) is 18.2 Å². The topological polar surface area (TPSA) is 50.4 Å². The van der Waals surface area contributed by atoms with E-state index >= 15 is 0 Å². The molecule has 0 saturated carbocycles. The van der Waals surface area contributed by atoms with Gasteiger partial charge >= 0.3 is 6.09 Å². The third-order valence-electron chi connectivity index (χ3n) is 2.54. The average molecular weight is 206 g/mol. The number of nitrogens with one attached hydrogen (secondary N) is 2. The van der Waals surface area contributed by atoms with Gasteiger partial charge in [-0.1, -0.05) is 0 Å². The molecule has 0 aromatic heterocycles. The third kappa shape index (κ3) is 1.63. The minimum atomic E-state index is -0.579. The first kappa shape index (κ1) is 9.83. The van der Waals surface area contributed by atoms with E-state index in [1.54, 1.807) is 0 Å². The second-order valence-electron chi connectivity index (χ2n) is 4.04. The number of anilines is 2. The highest BCUT2D eigenvalue weighted by atomic mass is 16.6. The summed E-state index contributed by atoms with van der Waals surface area (Å²) in [5.41, 5.74) is 2.22. The van der Waals surface area contributed by atoms with E-state index in [2.05, 4.69) is 10.6 Å². The number of hydrogen-bond donors (Lipinski definition) is 2. The molecule has 1 aromatic carbocycles. The van der Waals surface area contributed by atoms with Gasteiger partial charge in [0.1, 0.15) is 5.60 Å². The van der Waals surface area contributed by atoms with Crippen molar-refractivity contribution >= 4 is 17.5 Å². The lowest BCUT2D eigenvalue weighted by atomic mass is 9.94. The quantitative estimate of drug-likeness (QED) is 0.742. The zero-order chi connectivity index (χ0) is 11.1. The van der Waals surface area contributed by atoms with Crippen LogP contribution >= 0.6 is 0 Å². The fraction of sp³-hybridized carbons (Fsp3) is 0.364. The van der Waals surface area contributed by atoms with E-state index in [4.69, 9.17) is 4.74 Å². The molecule has 15 heavy (non-hydrogen) atoms. The van der Waals surface area contributed by atoms with Gasteiger partial charge in [0.15, 0.2) is 0 Å². The van der Waals surface area contributed by atoms with Crippen molar-refractivity contribution in [2.24, 2.45) is 0 Å². The van der Waals surface area contributed by atoms with Crippen molar-refractivity contribution < 1.29 is 9.53 Å². The first-order chi connectivity index (χ1) is 7.03. The number of hydrogen-bond acceptors (Lipinski definition) is 3. The van der Waals surface area contributed by atoms with E-state index in [1.807, 2.05) is 39.1 Å². The van der Waals surface area contributed by atoms with Crippen LogP contribution in [-0.4, -0.2) is 13.1 Å². The SMILES string of the molecule is CNc1ccc2c(c1)C(C)(C)OC(=O)N2. The van der Waals surface area contributed by atoms with Crippen LogP contribution in [0.25, 0.3) is 0 Å². The number of ether oxygens (including phenoxy) is 1. The first-order valence-corrected chi connectivity index (χ1v) is 4.85. The molecule has 1 heterocycles. The molecular weight excluding hydrogens is 192 g/mol. The van der Waals surface area contributed by atoms with Crippen LogP contribution in [0, 0.1) is 0 Å². The van der Waals surface area contributed by atoms with Crippen molar-refractivity contribution in [2.45, 2.75) is 19.4 Å². The number of rotatable bonds is 1. The molecule has 4 nitrogen and oxygen atoms in total. The number of carbonyl (C=O) groups is 1. The zero-order valence-corrected chi connectivity index (χ0v) is 9.05. The van der Waals surface area contributed by atoms with Crippen LogP contribution in [0.2, 0.25) is 0 Å². The summed E-state index contributed by atoms with van der Waals surface area (Å²) in [5.74, 6) is 0. The van der Waals surface area contributed by atoms with Gasteiger partial charge in [-0.25, -0.2) is 4.79 Å². The van der Waals surface area contributed by atoms with Gasteiger partial charge in [-0.2, -0.15) is 0 Å². The summed E-state index contributed by atoms with van der Waals surface area (Å²) in [5, 5.41) is 5.74. The normalized spacial score (nSPS) is 17.4. The maximum Gasteiger partial charge on any atom is 0.412 e. The number of benzene rings is 1. The summed E-state index contributed by atoms with van der Waals surface area (Å²) in [6.07, 6.45) is -0.398. The Labute approximate surface area is 88.6 Å². The third-order valence-corrected chi connectivity index (χ3v) is 2.54. The van der Waals surface area contributed by atoms with Crippen LogP contribution in [0.3, 0.4) is 0 Å². The number of fused-ring (bicyclic) bond motifs is 1. The van der Waals surface area contributed by atoms with Crippen LogP contribution in [-0.2, 0) is 10.3 Å². The standard InChI is InChI=1S/C11H14N2O2/c1-11(2)8-6-7(12-3)4-5-9(8)13-10(14)15-11/h4-6,12H,1-3H3,(H,13,14). The summed E-state index contributed by atoms with van der Waals surface area (Å²) < 4.78 is 5.22. The van der Waals surface area contributed by atoms with E-state index in [-0.39, 0.29) is 0 Å². The molecule has 0 fully saturated rings. The lowest BCUT2D eigenvalue weighted by molar-refractivity contribution is 0.0421. The van der Waals surface area contributed by atoms with Gasteiger partial charge < -0.3 is 10.1 Å². The molecule has 0 bridgehead atoms. The fourth-order valence-corrected chi connectivity index (χ4v) is 1.73. The first-order valence-electron chi connectivity index (χ1n) is 4.85. The summed E-state index contributed by atoms with van der Waals surface area (Å²) in [4.78, 5) is 11.2.